The molecule has 4 heterocycles. The molecular weight excluding hydrogens is 704 g/mol. The van der Waals surface area contributed by atoms with Crippen molar-refractivity contribution in [1.29, 1.82) is 0 Å². The van der Waals surface area contributed by atoms with Gasteiger partial charge in [-0.1, -0.05) is 42.0 Å². The van der Waals surface area contributed by atoms with Crippen molar-refractivity contribution in [3.63, 3.8) is 0 Å². The lowest BCUT2D eigenvalue weighted by molar-refractivity contribution is 0.0210. The number of likely N-dealkylation sites (tertiary alicyclic amines) is 1. The fourth-order valence-electron chi connectivity index (χ4n) is 7.05. The summed E-state index contributed by atoms with van der Waals surface area (Å²) in [4.78, 5) is 19.3. The van der Waals surface area contributed by atoms with E-state index in [2.05, 4.69) is 11.4 Å². The number of aromatic nitrogens is 4. The highest BCUT2D eigenvalue weighted by molar-refractivity contribution is 7.90. The van der Waals surface area contributed by atoms with Crippen molar-refractivity contribution < 1.29 is 22.3 Å². The number of hydrogen-bond donors (Lipinski definition) is 1. The Hall–Kier alpha value is -5.49. The number of nitrogens with one attached hydrogen (secondary N) is 1. The number of anilines is 1. The van der Waals surface area contributed by atoms with E-state index in [9.17, 15) is 17.6 Å². The Morgan fingerprint density at radius 2 is 1.67 bits per heavy atom. The third-order valence-corrected chi connectivity index (χ3v) is 11.4. The van der Waals surface area contributed by atoms with Crippen LogP contribution in [-0.2, 0) is 21.3 Å². The van der Waals surface area contributed by atoms with Crippen LogP contribution >= 0.6 is 0 Å². The third-order valence-electron chi connectivity index (χ3n) is 9.78. The number of aryl methyl sites for hydroxylation is 2. The number of hydrogen-bond acceptors (Lipinski definition) is 7. The quantitative estimate of drug-likeness (QED) is 0.166. The summed E-state index contributed by atoms with van der Waals surface area (Å²) in [6, 6.07) is 23.4. The van der Waals surface area contributed by atoms with Crippen LogP contribution in [0.1, 0.15) is 56.1 Å². The maximum Gasteiger partial charge on any atom is 0.410 e. The molecule has 0 saturated carbocycles. The molecule has 3 aromatic carbocycles. The van der Waals surface area contributed by atoms with Gasteiger partial charge in [0.05, 0.1) is 17.1 Å². The van der Waals surface area contributed by atoms with Gasteiger partial charge in [0.15, 0.2) is 5.65 Å². The van der Waals surface area contributed by atoms with E-state index in [1.165, 1.54) is 16.1 Å². The summed E-state index contributed by atoms with van der Waals surface area (Å²) in [6.45, 7) is 12.9. The molecule has 7 rings (SSSR count). The summed E-state index contributed by atoms with van der Waals surface area (Å²) in [6.07, 6.45) is 4.64. The average Bonchev–Trinajstić information content (AvgIpc) is 3.63. The van der Waals surface area contributed by atoms with Gasteiger partial charge in [-0.25, -0.2) is 26.6 Å². The highest BCUT2D eigenvalue weighted by atomic mass is 32.2. The molecular formula is C42H45FN6O4S. The van der Waals surface area contributed by atoms with Crippen LogP contribution in [0, 0.1) is 26.6 Å². The third kappa shape index (κ3) is 7.61. The van der Waals surface area contributed by atoms with Crippen LogP contribution in [0.3, 0.4) is 0 Å². The number of pyridine rings is 1. The molecule has 12 heteroatoms. The van der Waals surface area contributed by atoms with E-state index in [1.807, 2.05) is 76.6 Å². The summed E-state index contributed by atoms with van der Waals surface area (Å²) in [5, 5.41) is 9.12. The zero-order chi connectivity index (χ0) is 38.4. The Morgan fingerprint density at radius 1 is 0.944 bits per heavy atom. The molecule has 1 aliphatic heterocycles. The molecule has 280 valence electrons. The maximum atomic E-state index is 14.2. The second-order valence-corrected chi connectivity index (χ2v) is 16.9. The number of rotatable bonds is 8. The lowest BCUT2D eigenvalue weighted by Gasteiger charge is -2.34. The van der Waals surface area contributed by atoms with Gasteiger partial charge < -0.3 is 15.0 Å². The Kier molecular flexibility index (Phi) is 9.82. The molecule has 1 amide bonds. The zero-order valence-electron chi connectivity index (χ0n) is 31.4. The smallest absolute Gasteiger partial charge is 0.410 e. The first kappa shape index (κ1) is 36.9. The molecule has 3 aromatic heterocycles. The molecule has 0 spiro atoms. The lowest BCUT2D eigenvalue weighted by atomic mass is 10.0. The average molecular weight is 749 g/mol. The Bertz CT molecular complexity index is 2460. The Morgan fingerprint density at radius 3 is 2.37 bits per heavy atom. The van der Waals surface area contributed by atoms with Gasteiger partial charge in [0.1, 0.15) is 11.4 Å². The second kappa shape index (κ2) is 14.4. The van der Waals surface area contributed by atoms with Crippen LogP contribution in [0.5, 0.6) is 0 Å². The van der Waals surface area contributed by atoms with Gasteiger partial charge >= 0.3 is 6.09 Å². The number of halogens is 1. The van der Waals surface area contributed by atoms with E-state index in [1.54, 1.807) is 47.6 Å². The van der Waals surface area contributed by atoms with Crippen molar-refractivity contribution in [2.75, 3.05) is 18.4 Å². The maximum absolute atomic E-state index is 14.2. The van der Waals surface area contributed by atoms with Crippen LogP contribution < -0.4 is 5.32 Å². The van der Waals surface area contributed by atoms with Gasteiger partial charge in [-0.15, -0.1) is 0 Å². The molecule has 0 atom stereocenters. The minimum absolute atomic E-state index is 0.161. The fourth-order valence-corrected chi connectivity index (χ4v) is 8.37. The van der Waals surface area contributed by atoms with Gasteiger partial charge in [-0.05, 0) is 108 Å². The largest absolute Gasteiger partial charge is 0.444 e. The first-order chi connectivity index (χ1) is 25.7. The predicted molar refractivity (Wildman–Crippen MR) is 210 cm³/mol. The predicted octanol–water partition coefficient (Wildman–Crippen LogP) is 8.73. The summed E-state index contributed by atoms with van der Waals surface area (Å²) in [7, 11) is -4.02. The lowest BCUT2D eigenvalue weighted by Crippen LogP contribution is -2.44. The van der Waals surface area contributed by atoms with Gasteiger partial charge in [-0.2, -0.15) is 5.10 Å². The zero-order valence-corrected chi connectivity index (χ0v) is 32.2. The normalized spacial score (nSPS) is 14.1. The molecule has 0 aliphatic carbocycles. The number of ether oxygens (including phenoxy) is 1. The highest BCUT2D eigenvalue weighted by Crippen LogP contribution is 2.38. The SMILES string of the molecule is Cc1ccc(S(=O)(=O)n2cc(-c3c(C)nn(Cc4cccc(F)c4)c3C)c3cc(-c4cccc(NC5CCN(C(=O)OC(C)(C)C)CC5)c4)cnc32)cc1. The first-order valence-electron chi connectivity index (χ1n) is 18.1. The van der Waals surface area contributed by atoms with Crippen molar-refractivity contribution in [3.05, 3.63) is 120 Å². The number of nitrogens with zero attached hydrogens (tertiary/aromatic N) is 5. The van der Waals surface area contributed by atoms with Crippen LogP contribution in [0.15, 0.2) is 96.2 Å². The summed E-state index contributed by atoms with van der Waals surface area (Å²) in [5.41, 5.74) is 7.16. The summed E-state index contributed by atoms with van der Waals surface area (Å²) < 4.78 is 51.1. The summed E-state index contributed by atoms with van der Waals surface area (Å²) >= 11 is 0. The highest BCUT2D eigenvalue weighted by Gasteiger charge is 2.28. The van der Waals surface area contributed by atoms with E-state index in [4.69, 9.17) is 14.8 Å². The van der Waals surface area contributed by atoms with Crippen molar-refractivity contribution >= 4 is 32.8 Å². The molecule has 54 heavy (non-hydrogen) atoms. The first-order valence-corrected chi connectivity index (χ1v) is 19.6. The molecule has 1 N–H and O–H groups in total. The topological polar surface area (TPSA) is 111 Å². The van der Waals surface area contributed by atoms with E-state index in [-0.39, 0.29) is 22.8 Å². The number of carbonyl (C=O) groups is 1. The number of fused-ring (bicyclic) bond motifs is 1. The van der Waals surface area contributed by atoms with E-state index < -0.39 is 15.6 Å². The van der Waals surface area contributed by atoms with Gasteiger partial charge in [0.2, 0.25) is 0 Å². The monoisotopic (exact) mass is 748 g/mol. The van der Waals surface area contributed by atoms with E-state index in [0.717, 1.165) is 52.0 Å². The summed E-state index contributed by atoms with van der Waals surface area (Å²) in [5.74, 6) is -0.319. The number of benzene rings is 3. The molecule has 0 bridgehead atoms. The van der Waals surface area contributed by atoms with Crippen LogP contribution in [0.25, 0.3) is 33.3 Å². The van der Waals surface area contributed by atoms with Crippen LogP contribution in [-0.4, -0.2) is 62.9 Å². The van der Waals surface area contributed by atoms with Gasteiger partial charge in [0.25, 0.3) is 10.0 Å². The Balaban J connectivity index is 1.24. The molecule has 1 saturated heterocycles. The number of amides is 1. The van der Waals surface area contributed by atoms with Crippen molar-refractivity contribution in [2.45, 2.75) is 77.5 Å². The van der Waals surface area contributed by atoms with Gasteiger partial charge in [0, 0.05) is 65.0 Å². The molecule has 1 aliphatic rings. The minimum Gasteiger partial charge on any atom is -0.444 e. The Labute approximate surface area is 315 Å². The van der Waals surface area contributed by atoms with Crippen molar-refractivity contribution in [2.24, 2.45) is 0 Å². The molecule has 0 radical (unpaired) electrons. The molecule has 10 nitrogen and oxygen atoms in total. The fraction of sp³-hybridized carbons (Fsp3) is 0.310. The number of carbonyl (C=O) groups excluding carboxylic acids is 1. The van der Waals surface area contributed by atoms with E-state index >= 15 is 0 Å². The van der Waals surface area contributed by atoms with Crippen molar-refractivity contribution in [1.82, 2.24) is 23.6 Å². The minimum atomic E-state index is -4.02. The van der Waals surface area contributed by atoms with Crippen LogP contribution in [0.2, 0.25) is 0 Å². The van der Waals surface area contributed by atoms with E-state index in [0.29, 0.717) is 41.9 Å². The molecule has 0 unspecified atom stereocenters. The standard InChI is InChI=1S/C42H45FN6O4S/c1-27-13-15-36(16-14-27)54(51,52)49-26-38(39-28(2)46-48(29(39)3)25-30-9-7-11-33(43)21-30)37-23-32(24-44-40(37)49)31-10-8-12-35(22-31)45-34-17-19-47(20-18-34)41(50)53-42(4,5)6/h7-16,21-24,26,34,45H,17-20,25H2,1-6H3. The second-order valence-electron chi connectivity index (χ2n) is 15.1. The van der Waals surface area contributed by atoms with Crippen LogP contribution in [0.4, 0.5) is 14.9 Å². The van der Waals surface area contributed by atoms with Gasteiger partial charge in [-0.3, -0.25) is 4.68 Å². The molecule has 1 fully saturated rings. The molecule has 6 aromatic rings. The van der Waals surface area contributed by atoms with Crippen molar-refractivity contribution in [3.8, 4) is 22.3 Å². The number of piperidine rings is 1.